The molecule has 0 radical (unpaired) electrons. The van der Waals surface area contributed by atoms with E-state index in [1.165, 1.54) is 0 Å². The number of rotatable bonds is 4. The van der Waals surface area contributed by atoms with Gasteiger partial charge in [0.2, 0.25) is 0 Å². The number of aromatic nitrogens is 1. The summed E-state index contributed by atoms with van der Waals surface area (Å²) in [5.74, 6) is 1.40. The Balaban J connectivity index is 2.14. The van der Waals surface area contributed by atoms with Crippen molar-refractivity contribution in [1.29, 1.82) is 0 Å². The Bertz CT molecular complexity index is 363. The molecule has 2 heterocycles. The van der Waals surface area contributed by atoms with Crippen LogP contribution in [0.2, 0.25) is 0 Å². The minimum atomic E-state index is -0.712. The highest BCUT2D eigenvalue weighted by Gasteiger charge is 2.31. The topological polar surface area (TPSA) is 65.8 Å². The quantitative estimate of drug-likeness (QED) is 0.795. The summed E-state index contributed by atoms with van der Waals surface area (Å²) in [6.07, 6.45) is 1.19. The molecule has 0 amide bonds. The first-order chi connectivity index (χ1) is 8.22. The lowest BCUT2D eigenvalue weighted by molar-refractivity contribution is 0.0572. The molecule has 5 nitrogen and oxygen atoms in total. The third-order valence-corrected chi connectivity index (χ3v) is 2.77. The van der Waals surface area contributed by atoms with Gasteiger partial charge in [-0.3, -0.25) is 0 Å². The first-order valence-corrected chi connectivity index (χ1v) is 5.91. The molecule has 2 rings (SSSR count). The Morgan fingerprint density at radius 3 is 2.76 bits per heavy atom. The zero-order valence-corrected chi connectivity index (χ0v) is 9.91. The molecule has 0 saturated carbocycles. The smallest absolute Gasteiger partial charge is 0.171 e. The van der Waals surface area contributed by atoms with Gasteiger partial charge in [0.05, 0.1) is 18.8 Å². The van der Waals surface area contributed by atoms with E-state index >= 15 is 0 Å². The van der Waals surface area contributed by atoms with Gasteiger partial charge in [0, 0.05) is 19.3 Å². The van der Waals surface area contributed by atoms with Crippen LogP contribution in [0.1, 0.15) is 13.3 Å². The number of pyridine rings is 1. The van der Waals surface area contributed by atoms with Gasteiger partial charge in [0.25, 0.3) is 0 Å². The molecule has 1 fully saturated rings. The van der Waals surface area contributed by atoms with Crippen LogP contribution >= 0.6 is 0 Å². The fourth-order valence-corrected chi connectivity index (χ4v) is 1.89. The molecule has 1 aliphatic heterocycles. The molecule has 2 unspecified atom stereocenters. The van der Waals surface area contributed by atoms with Crippen LogP contribution in [0.25, 0.3) is 0 Å². The lowest BCUT2D eigenvalue weighted by Gasteiger charge is -2.19. The lowest BCUT2D eigenvalue weighted by atomic mass is 10.3. The van der Waals surface area contributed by atoms with Crippen LogP contribution in [-0.4, -0.2) is 47.1 Å². The maximum Gasteiger partial charge on any atom is 0.171 e. The molecular weight excluding hydrogens is 220 g/mol. The van der Waals surface area contributed by atoms with Gasteiger partial charge in [-0.15, -0.1) is 0 Å². The van der Waals surface area contributed by atoms with Crippen molar-refractivity contribution in [2.45, 2.75) is 25.6 Å². The number of aliphatic hydroxyl groups is 2. The second kappa shape index (κ2) is 5.33. The van der Waals surface area contributed by atoms with E-state index in [9.17, 15) is 10.2 Å². The van der Waals surface area contributed by atoms with Crippen molar-refractivity contribution in [2.24, 2.45) is 0 Å². The van der Waals surface area contributed by atoms with Crippen LogP contribution in [0.15, 0.2) is 18.3 Å². The van der Waals surface area contributed by atoms with Gasteiger partial charge in [-0.25, -0.2) is 4.98 Å². The number of β-amino-alcohol motifs (C(OH)–C–C–N with tert-alkyl or cyclic N) is 2. The average molecular weight is 238 g/mol. The minimum absolute atomic E-state index is 0.390. The Morgan fingerprint density at radius 2 is 2.12 bits per heavy atom. The van der Waals surface area contributed by atoms with Crippen LogP contribution in [-0.2, 0) is 0 Å². The Kier molecular flexibility index (Phi) is 3.81. The molecule has 5 heteroatoms. The number of hydrogen-bond acceptors (Lipinski definition) is 5. The average Bonchev–Trinajstić information content (AvgIpc) is 2.67. The number of hydrogen-bond donors (Lipinski definition) is 2. The van der Waals surface area contributed by atoms with E-state index in [0.717, 1.165) is 6.42 Å². The van der Waals surface area contributed by atoms with Gasteiger partial charge in [-0.05, 0) is 18.6 Å². The highest BCUT2D eigenvalue weighted by atomic mass is 16.5. The molecule has 94 valence electrons. The molecule has 1 aromatic rings. The highest BCUT2D eigenvalue weighted by Crippen LogP contribution is 2.28. The molecule has 2 atom stereocenters. The van der Waals surface area contributed by atoms with Gasteiger partial charge in [-0.1, -0.05) is 6.92 Å². The third-order valence-electron chi connectivity index (χ3n) is 2.77. The minimum Gasteiger partial charge on any atom is -0.490 e. The van der Waals surface area contributed by atoms with E-state index in [4.69, 9.17) is 4.74 Å². The maximum atomic E-state index is 9.54. The Morgan fingerprint density at radius 1 is 1.41 bits per heavy atom. The van der Waals surface area contributed by atoms with Gasteiger partial charge in [0.1, 0.15) is 0 Å². The predicted molar refractivity (Wildman–Crippen MR) is 64.2 cm³/mol. The first kappa shape index (κ1) is 12.1. The van der Waals surface area contributed by atoms with E-state index < -0.39 is 12.2 Å². The van der Waals surface area contributed by atoms with Crippen molar-refractivity contribution in [3.05, 3.63) is 18.3 Å². The van der Waals surface area contributed by atoms with Crippen LogP contribution in [0.5, 0.6) is 5.75 Å². The van der Waals surface area contributed by atoms with Crippen molar-refractivity contribution >= 4 is 5.82 Å². The van der Waals surface area contributed by atoms with Crippen molar-refractivity contribution in [3.8, 4) is 5.75 Å². The molecule has 1 saturated heterocycles. The molecule has 0 aromatic carbocycles. The van der Waals surface area contributed by atoms with Crippen LogP contribution in [0, 0.1) is 0 Å². The van der Waals surface area contributed by atoms with E-state index in [1.54, 1.807) is 6.20 Å². The van der Waals surface area contributed by atoms with Gasteiger partial charge >= 0.3 is 0 Å². The molecule has 17 heavy (non-hydrogen) atoms. The second-order valence-electron chi connectivity index (χ2n) is 4.21. The maximum absolute atomic E-state index is 9.54. The van der Waals surface area contributed by atoms with Gasteiger partial charge in [0.15, 0.2) is 11.6 Å². The Labute approximate surface area is 101 Å². The van der Waals surface area contributed by atoms with Crippen molar-refractivity contribution in [2.75, 3.05) is 24.6 Å². The summed E-state index contributed by atoms with van der Waals surface area (Å²) in [7, 11) is 0. The van der Waals surface area contributed by atoms with E-state index in [-0.39, 0.29) is 0 Å². The zero-order chi connectivity index (χ0) is 12.3. The second-order valence-corrected chi connectivity index (χ2v) is 4.21. The standard InChI is InChI=1S/C12H18N2O3/c1-2-6-17-11-4-3-5-13-12(11)14-7-9(15)10(16)8-14/h3-5,9-10,15-16H,2,6-8H2,1H3. The van der Waals surface area contributed by atoms with Crippen molar-refractivity contribution in [3.63, 3.8) is 0 Å². The summed E-state index contributed by atoms with van der Waals surface area (Å²) in [4.78, 5) is 6.11. The summed E-state index contributed by atoms with van der Waals surface area (Å²) in [5.41, 5.74) is 0. The van der Waals surface area contributed by atoms with Gasteiger partial charge < -0.3 is 19.8 Å². The zero-order valence-electron chi connectivity index (χ0n) is 9.91. The van der Waals surface area contributed by atoms with E-state index in [1.807, 2.05) is 24.0 Å². The molecular formula is C12H18N2O3. The summed E-state index contributed by atoms with van der Waals surface area (Å²) >= 11 is 0. The molecule has 0 aliphatic carbocycles. The SMILES string of the molecule is CCCOc1cccnc1N1CC(O)C(O)C1. The summed E-state index contributed by atoms with van der Waals surface area (Å²) in [6.45, 7) is 3.46. The molecule has 0 spiro atoms. The fourth-order valence-electron chi connectivity index (χ4n) is 1.89. The largest absolute Gasteiger partial charge is 0.490 e. The third kappa shape index (κ3) is 2.68. The Hall–Kier alpha value is -1.33. The normalized spacial score (nSPS) is 24.1. The van der Waals surface area contributed by atoms with E-state index in [2.05, 4.69) is 4.98 Å². The van der Waals surface area contributed by atoms with E-state index in [0.29, 0.717) is 31.3 Å². The lowest BCUT2D eigenvalue weighted by Crippen LogP contribution is -2.23. The number of ether oxygens (including phenoxy) is 1. The van der Waals surface area contributed by atoms with Crippen molar-refractivity contribution < 1.29 is 14.9 Å². The summed E-state index contributed by atoms with van der Waals surface area (Å²) in [5, 5.41) is 19.1. The number of aliphatic hydroxyl groups excluding tert-OH is 2. The fraction of sp³-hybridized carbons (Fsp3) is 0.583. The van der Waals surface area contributed by atoms with Gasteiger partial charge in [-0.2, -0.15) is 0 Å². The summed E-state index contributed by atoms with van der Waals surface area (Å²) < 4.78 is 5.60. The summed E-state index contributed by atoms with van der Waals surface area (Å²) in [6, 6.07) is 3.67. The van der Waals surface area contributed by atoms with Crippen molar-refractivity contribution in [1.82, 2.24) is 4.98 Å². The number of anilines is 1. The predicted octanol–water partition coefficient (Wildman–Crippen LogP) is 0.412. The van der Waals surface area contributed by atoms with Crippen LogP contribution < -0.4 is 9.64 Å². The first-order valence-electron chi connectivity index (χ1n) is 5.91. The van der Waals surface area contributed by atoms with Crippen LogP contribution in [0.4, 0.5) is 5.82 Å². The molecule has 1 aromatic heterocycles. The molecule has 2 N–H and O–H groups in total. The highest BCUT2D eigenvalue weighted by molar-refractivity contribution is 5.53. The molecule has 0 bridgehead atoms. The van der Waals surface area contributed by atoms with Crippen LogP contribution in [0.3, 0.4) is 0 Å². The number of nitrogens with zero attached hydrogens (tertiary/aromatic N) is 2. The monoisotopic (exact) mass is 238 g/mol. The molecule has 1 aliphatic rings.